The number of likely N-dealkylation sites (N-methyl/N-ethyl adjacent to an activating group) is 2. The lowest BCUT2D eigenvalue weighted by Gasteiger charge is -2.56. The van der Waals surface area contributed by atoms with Crippen LogP contribution in [0.4, 0.5) is 11.5 Å². The molecule has 2 heterocycles. The predicted octanol–water partition coefficient (Wildman–Crippen LogP) is 4.41. The number of aryl methyl sites for hydroxylation is 1. The third-order valence-corrected chi connectivity index (χ3v) is 4.45. The third kappa shape index (κ3) is 3.38. The van der Waals surface area contributed by atoms with Gasteiger partial charge in [0.25, 0.3) is 0 Å². The second-order valence-corrected chi connectivity index (χ2v) is 6.00. The van der Waals surface area contributed by atoms with Crippen molar-refractivity contribution in [1.29, 1.82) is 0 Å². The first-order chi connectivity index (χ1) is 11.0. The van der Waals surface area contributed by atoms with Crippen LogP contribution in [-0.4, -0.2) is 35.6 Å². The van der Waals surface area contributed by atoms with Crippen LogP contribution in [0.5, 0.6) is 0 Å². The molecule has 1 unspecified atom stereocenters. The Morgan fingerprint density at radius 3 is 2.48 bits per heavy atom. The molecule has 1 fully saturated rings. The van der Waals surface area contributed by atoms with Gasteiger partial charge >= 0.3 is 0 Å². The Bertz CT molecular complexity index is 647. The highest BCUT2D eigenvalue weighted by Gasteiger charge is 2.45. The van der Waals surface area contributed by atoms with E-state index in [-0.39, 0.29) is 6.97 Å². The Hall–Kier alpha value is -1.91. The minimum absolute atomic E-state index is 0. The summed E-state index contributed by atoms with van der Waals surface area (Å²) in [6, 6.07) is 12.5. The van der Waals surface area contributed by atoms with E-state index >= 15 is 0 Å². The SMILES string of the molecule is CC.Cc1ccc(Nc2ccccn2)c(C2(C)CN(C)N2C)c1.[HH]. The zero-order valence-electron chi connectivity index (χ0n) is 15.1. The Morgan fingerprint density at radius 2 is 1.91 bits per heavy atom. The van der Waals surface area contributed by atoms with Crippen LogP contribution in [0, 0.1) is 6.92 Å². The van der Waals surface area contributed by atoms with Crippen molar-refractivity contribution in [3.8, 4) is 0 Å². The van der Waals surface area contributed by atoms with Gasteiger partial charge < -0.3 is 5.32 Å². The monoisotopic (exact) mass is 314 g/mol. The number of hydrogen-bond acceptors (Lipinski definition) is 4. The molecule has 3 rings (SSSR count). The Morgan fingerprint density at radius 1 is 1.17 bits per heavy atom. The van der Waals surface area contributed by atoms with Crippen LogP contribution in [-0.2, 0) is 5.54 Å². The summed E-state index contributed by atoms with van der Waals surface area (Å²) < 4.78 is 0. The summed E-state index contributed by atoms with van der Waals surface area (Å²) in [6.07, 6.45) is 1.81. The molecule has 1 atom stereocenters. The van der Waals surface area contributed by atoms with Crippen molar-refractivity contribution in [2.45, 2.75) is 33.2 Å². The number of nitrogens with one attached hydrogen (secondary N) is 1. The van der Waals surface area contributed by atoms with Gasteiger partial charge in [0.15, 0.2) is 0 Å². The van der Waals surface area contributed by atoms with Gasteiger partial charge in [-0.15, -0.1) is 0 Å². The molecule has 1 saturated heterocycles. The smallest absolute Gasteiger partial charge is 0.130 e. The van der Waals surface area contributed by atoms with Crippen molar-refractivity contribution in [2.75, 3.05) is 26.0 Å². The molecule has 0 saturated carbocycles. The molecule has 4 heteroatoms. The molecule has 4 nitrogen and oxygen atoms in total. The molecule has 2 aromatic rings. The van der Waals surface area contributed by atoms with Crippen LogP contribution in [0.25, 0.3) is 0 Å². The van der Waals surface area contributed by atoms with Gasteiger partial charge in [-0.2, -0.15) is 0 Å². The maximum absolute atomic E-state index is 4.36. The summed E-state index contributed by atoms with van der Waals surface area (Å²) >= 11 is 0. The Balaban J connectivity index is 0.000000925. The molecule has 0 aliphatic carbocycles. The molecule has 126 valence electrons. The highest BCUT2D eigenvalue weighted by Crippen LogP contribution is 2.41. The van der Waals surface area contributed by atoms with Crippen molar-refractivity contribution >= 4 is 11.5 Å². The average Bonchev–Trinajstić information content (AvgIpc) is 2.59. The first-order valence-corrected chi connectivity index (χ1v) is 8.25. The number of hydrogen-bond donors (Lipinski definition) is 1. The fraction of sp³-hybridized carbons (Fsp3) is 0.421. The predicted molar refractivity (Wildman–Crippen MR) is 99.9 cm³/mol. The fourth-order valence-electron chi connectivity index (χ4n) is 3.00. The van der Waals surface area contributed by atoms with Crippen LogP contribution in [0.3, 0.4) is 0 Å². The van der Waals surface area contributed by atoms with E-state index in [2.05, 4.69) is 66.5 Å². The largest absolute Gasteiger partial charge is 0.340 e. The van der Waals surface area contributed by atoms with Crippen LogP contribution in [0.1, 0.15) is 33.3 Å². The number of anilines is 2. The fourth-order valence-corrected chi connectivity index (χ4v) is 3.00. The summed E-state index contributed by atoms with van der Waals surface area (Å²) in [7, 11) is 4.25. The zero-order chi connectivity index (χ0) is 17.0. The minimum atomic E-state index is 0. The van der Waals surface area contributed by atoms with Gasteiger partial charge in [0.1, 0.15) is 5.82 Å². The quantitative estimate of drug-likeness (QED) is 0.909. The molecule has 1 aliphatic rings. The summed E-state index contributed by atoms with van der Waals surface area (Å²) in [5, 5.41) is 7.97. The maximum Gasteiger partial charge on any atom is 0.130 e. The van der Waals surface area contributed by atoms with Crippen LogP contribution < -0.4 is 5.32 Å². The van der Waals surface area contributed by atoms with Crippen LogP contribution in [0.15, 0.2) is 42.6 Å². The van der Waals surface area contributed by atoms with Crippen LogP contribution in [0.2, 0.25) is 0 Å². The molecule has 23 heavy (non-hydrogen) atoms. The third-order valence-electron chi connectivity index (χ3n) is 4.45. The lowest BCUT2D eigenvalue weighted by molar-refractivity contribution is -0.186. The van der Waals surface area contributed by atoms with E-state index in [0.29, 0.717) is 0 Å². The molecular weight excluding hydrogens is 284 g/mol. The van der Waals surface area contributed by atoms with E-state index in [1.807, 2.05) is 32.0 Å². The summed E-state index contributed by atoms with van der Waals surface area (Å²) in [5.41, 5.74) is 3.74. The van der Waals surface area contributed by atoms with E-state index in [1.165, 1.54) is 11.1 Å². The number of nitrogens with zero attached hydrogens (tertiary/aromatic N) is 3. The van der Waals surface area contributed by atoms with Gasteiger partial charge in [-0.3, -0.25) is 0 Å². The lowest BCUT2D eigenvalue weighted by Crippen LogP contribution is -2.66. The summed E-state index contributed by atoms with van der Waals surface area (Å²) in [6.45, 7) is 9.44. The normalized spacial score (nSPS) is 21.1. The van der Waals surface area contributed by atoms with Crippen LogP contribution >= 0.6 is 0 Å². The van der Waals surface area contributed by atoms with E-state index in [9.17, 15) is 0 Å². The van der Waals surface area contributed by atoms with Crippen molar-refractivity contribution in [2.24, 2.45) is 0 Å². The van der Waals surface area contributed by atoms with E-state index in [0.717, 1.165) is 18.1 Å². The molecule has 0 bridgehead atoms. The molecule has 0 radical (unpaired) electrons. The molecule has 0 amide bonds. The van der Waals surface area contributed by atoms with Gasteiger partial charge in [0.05, 0.1) is 5.54 Å². The zero-order valence-corrected chi connectivity index (χ0v) is 15.1. The number of hydrazine groups is 1. The molecule has 0 spiro atoms. The first-order valence-electron chi connectivity index (χ1n) is 8.25. The van der Waals surface area contributed by atoms with Crippen molar-refractivity contribution in [3.05, 3.63) is 53.7 Å². The first kappa shape index (κ1) is 17.4. The molecule has 1 aliphatic heterocycles. The second kappa shape index (κ2) is 7.11. The van der Waals surface area contributed by atoms with Crippen molar-refractivity contribution in [1.82, 2.24) is 15.0 Å². The minimum Gasteiger partial charge on any atom is -0.340 e. The Labute approximate surface area is 141 Å². The highest BCUT2D eigenvalue weighted by molar-refractivity contribution is 5.63. The van der Waals surface area contributed by atoms with Crippen molar-refractivity contribution < 1.29 is 1.43 Å². The number of rotatable bonds is 3. The lowest BCUT2D eigenvalue weighted by atomic mass is 9.85. The van der Waals surface area contributed by atoms with Gasteiger partial charge in [-0.25, -0.2) is 15.0 Å². The van der Waals surface area contributed by atoms with Crippen molar-refractivity contribution in [3.63, 3.8) is 0 Å². The molecular formula is C19H30N4. The van der Waals surface area contributed by atoms with Gasteiger partial charge in [-0.1, -0.05) is 37.6 Å². The van der Waals surface area contributed by atoms with Gasteiger partial charge in [0, 0.05) is 34.0 Å². The highest BCUT2D eigenvalue weighted by atomic mass is 15.7. The number of benzene rings is 1. The van der Waals surface area contributed by atoms with Gasteiger partial charge in [0.2, 0.25) is 0 Å². The van der Waals surface area contributed by atoms with E-state index in [1.54, 1.807) is 6.20 Å². The molecule has 1 N–H and O–H groups in total. The topological polar surface area (TPSA) is 31.4 Å². The number of aromatic nitrogens is 1. The van der Waals surface area contributed by atoms with E-state index < -0.39 is 0 Å². The molecule has 1 aromatic heterocycles. The Kier molecular flexibility index (Phi) is 5.39. The average molecular weight is 314 g/mol. The summed E-state index contributed by atoms with van der Waals surface area (Å²) in [4.78, 5) is 4.36. The molecule has 1 aromatic carbocycles. The number of pyridine rings is 1. The standard InChI is InChI=1S/C17H22N4.C2H6.H2/c1-13-8-9-15(19-16-7-5-6-10-18-16)14(11-13)17(2)12-20(3)21(17)4;1-2;/h5-11H,12H2,1-4H3,(H,18,19);1-2H3;1H. The second-order valence-electron chi connectivity index (χ2n) is 6.00. The van der Waals surface area contributed by atoms with E-state index in [4.69, 9.17) is 0 Å². The maximum atomic E-state index is 4.36. The van der Waals surface area contributed by atoms with Gasteiger partial charge in [-0.05, 0) is 37.6 Å². The summed E-state index contributed by atoms with van der Waals surface area (Å²) in [5.74, 6) is 0.876.